The Labute approximate surface area is 141 Å². The van der Waals surface area contributed by atoms with Gasteiger partial charge in [-0.15, -0.1) is 0 Å². The van der Waals surface area contributed by atoms with Crippen molar-refractivity contribution < 1.29 is 9.53 Å². The van der Waals surface area contributed by atoms with E-state index in [0.717, 1.165) is 35.5 Å². The van der Waals surface area contributed by atoms with Crippen LogP contribution in [0.25, 0.3) is 0 Å². The van der Waals surface area contributed by atoms with Gasteiger partial charge in [0.15, 0.2) is 0 Å². The Morgan fingerprint density at radius 2 is 1.61 bits per heavy atom. The molecule has 0 saturated heterocycles. The number of fused-ring (bicyclic) bond motifs is 1. The van der Waals surface area contributed by atoms with Crippen LogP contribution in [0.1, 0.15) is 64.7 Å². The van der Waals surface area contributed by atoms with Gasteiger partial charge in [0.05, 0.1) is 6.61 Å². The van der Waals surface area contributed by atoms with E-state index in [9.17, 15) is 4.79 Å². The molecule has 2 bridgehead atoms. The minimum atomic E-state index is -0.189. The lowest BCUT2D eigenvalue weighted by Gasteiger charge is -2.44. The fourth-order valence-corrected chi connectivity index (χ4v) is 6.93. The lowest BCUT2D eigenvalue weighted by atomic mass is 9.62. The third-order valence-corrected chi connectivity index (χ3v) is 7.77. The monoisotopic (exact) mass is 316 g/mol. The van der Waals surface area contributed by atoms with E-state index in [1.807, 2.05) is 0 Å². The van der Waals surface area contributed by atoms with Crippen molar-refractivity contribution in [3.8, 4) is 0 Å². The van der Waals surface area contributed by atoms with E-state index >= 15 is 0 Å². The highest BCUT2D eigenvalue weighted by Crippen LogP contribution is 2.61. The summed E-state index contributed by atoms with van der Waals surface area (Å²) in [7, 11) is 0. The lowest BCUT2D eigenvalue weighted by molar-refractivity contribution is -0.142. The van der Waals surface area contributed by atoms with Crippen molar-refractivity contribution in [3.05, 3.63) is 12.2 Å². The summed E-state index contributed by atoms with van der Waals surface area (Å²) >= 11 is 0. The molecule has 23 heavy (non-hydrogen) atoms. The molecule has 2 heteroatoms. The van der Waals surface area contributed by atoms with Gasteiger partial charge in [-0.25, -0.2) is 4.79 Å². The molecule has 0 heterocycles. The average molecular weight is 316 g/mol. The van der Waals surface area contributed by atoms with Crippen molar-refractivity contribution >= 4 is 5.97 Å². The number of hydrogen-bond donors (Lipinski definition) is 0. The van der Waals surface area contributed by atoms with Gasteiger partial charge >= 0.3 is 5.97 Å². The van der Waals surface area contributed by atoms with Gasteiger partial charge in [0.2, 0.25) is 0 Å². The Balaban J connectivity index is 1.54. The van der Waals surface area contributed by atoms with Crippen LogP contribution < -0.4 is 0 Å². The molecule has 5 aliphatic rings. The molecule has 0 radical (unpaired) electrons. The minimum Gasteiger partial charge on any atom is -0.462 e. The zero-order valence-electron chi connectivity index (χ0n) is 14.6. The number of carbonyl (C=O) groups excluding carboxylic acids is 1. The van der Waals surface area contributed by atoms with Gasteiger partial charge in [0, 0.05) is 5.57 Å². The van der Waals surface area contributed by atoms with Gasteiger partial charge in [-0.3, -0.25) is 0 Å². The number of carbonyl (C=O) groups is 1. The van der Waals surface area contributed by atoms with Crippen molar-refractivity contribution in [2.24, 2.45) is 41.4 Å². The highest BCUT2D eigenvalue weighted by atomic mass is 16.5. The molecule has 0 amide bonds. The first-order valence-corrected chi connectivity index (χ1v) is 9.97. The maximum absolute atomic E-state index is 11.8. The second-order valence-corrected chi connectivity index (χ2v) is 8.90. The molecule has 5 rings (SSSR count). The van der Waals surface area contributed by atoms with Crippen molar-refractivity contribution in [2.45, 2.75) is 64.7 Å². The smallest absolute Gasteiger partial charge is 0.333 e. The minimum absolute atomic E-state index is 0.189. The van der Waals surface area contributed by atoms with Gasteiger partial charge in [0.1, 0.15) is 0 Å². The Morgan fingerprint density at radius 1 is 0.913 bits per heavy atom. The molecule has 0 aromatic heterocycles. The molecule has 7 unspecified atom stereocenters. The summed E-state index contributed by atoms with van der Waals surface area (Å²) < 4.78 is 5.61. The van der Waals surface area contributed by atoms with E-state index in [0.29, 0.717) is 18.1 Å². The van der Waals surface area contributed by atoms with Crippen LogP contribution in [-0.2, 0) is 9.53 Å². The molecule has 5 aliphatic carbocycles. The number of esters is 1. The summed E-state index contributed by atoms with van der Waals surface area (Å²) in [5.41, 5.74) is 0.538. The highest BCUT2D eigenvalue weighted by molar-refractivity contribution is 5.86. The van der Waals surface area contributed by atoms with Gasteiger partial charge in [0.25, 0.3) is 0 Å². The van der Waals surface area contributed by atoms with E-state index in [2.05, 4.69) is 6.58 Å². The van der Waals surface area contributed by atoms with Crippen LogP contribution in [0.5, 0.6) is 0 Å². The van der Waals surface area contributed by atoms with Gasteiger partial charge < -0.3 is 4.74 Å². The first kappa shape index (κ1) is 15.7. The Kier molecular flexibility index (Phi) is 4.28. The fraction of sp³-hybridized carbons (Fsp3) is 0.857. The predicted molar refractivity (Wildman–Crippen MR) is 91.8 cm³/mol. The molecule has 0 aromatic rings. The molecule has 2 nitrogen and oxygen atoms in total. The van der Waals surface area contributed by atoms with Gasteiger partial charge in [-0.2, -0.15) is 0 Å². The highest BCUT2D eigenvalue weighted by Gasteiger charge is 2.53. The number of hydrogen-bond acceptors (Lipinski definition) is 2. The lowest BCUT2D eigenvalue weighted by Crippen LogP contribution is -2.39. The maximum Gasteiger partial charge on any atom is 0.333 e. The summed E-state index contributed by atoms with van der Waals surface area (Å²) in [6, 6.07) is 0. The summed E-state index contributed by atoms with van der Waals surface area (Å²) in [6.45, 7) is 6.12. The van der Waals surface area contributed by atoms with Crippen molar-refractivity contribution in [2.75, 3.05) is 6.61 Å². The van der Waals surface area contributed by atoms with Crippen LogP contribution >= 0.6 is 0 Å². The van der Waals surface area contributed by atoms with Crippen molar-refractivity contribution in [3.63, 3.8) is 0 Å². The molecule has 128 valence electrons. The molecule has 5 fully saturated rings. The normalized spacial score (nSPS) is 45.0. The topological polar surface area (TPSA) is 26.3 Å². The largest absolute Gasteiger partial charge is 0.462 e. The van der Waals surface area contributed by atoms with E-state index in [1.54, 1.807) is 6.92 Å². The fourth-order valence-electron chi connectivity index (χ4n) is 6.93. The van der Waals surface area contributed by atoms with Crippen molar-refractivity contribution in [1.29, 1.82) is 0 Å². The van der Waals surface area contributed by atoms with Crippen LogP contribution in [0.3, 0.4) is 0 Å². The molecule has 0 aliphatic heterocycles. The van der Waals surface area contributed by atoms with Crippen LogP contribution in [0, 0.1) is 41.4 Å². The third-order valence-electron chi connectivity index (χ3n) is 7.77. The third kappa shape index (κ3) is 2.76. The Bertz CT molecular complexity index is 482. The van der Waals surface area contributed by atoms with E-state index in [-0.39, 0.29) is 5.97 Å². The second-order valence-electron chi connectivity index (χ2n) is 8.90. The van der Waals surface area contributed by atoms with E-state index in [1.165, 1.54) is 57.8 Å². The summed E-state index contributed by atoms with van der Waals surface area (Å²) in [4.78, 5) is 11.8. The first-order valence-electron chi connectivity index (χ1n) is 9.97. The molecule has 5 saturated carbocycles. The standard InChI is InChI=1S/C21H32O2/c1-13(2)21(22)23-12-15-11-20-16-7-4-3-6-14(16)10-19(15)17-8-5-9-18(17)20/h14-20H,1,3-12H2,2H3. The average Bonchev–Trinajstić information content (AvgIpc) is 2.94. The zero-order chi connectivity index (χ0) is 16.0. The Hall–Kier alpha value is -0.790. The van der Waals surface area contributed by atoms with Crippen LogP contribution in [0.2, 0.25) is 0 Å². The molecule has 0 N–H and O–H groups in total. The molecule has 0 aromatic carbocycles. The summed E-state index contributed by atoms with van der Waals surface area (Å²) in [5.74, 6) is 6.09. The van der Waals surface area contributed by atoms with Crippen molar-refractivity contribution in [1.82, 2.24) is 0 Å². The molecular weight excluding hydrogens is 284 g/mol. The summed E-state index contributed by atoms with van der Waals surface area (Å²) in [5, 5.41) is 0. The van der Waals surface area contributed by atoms with Gasteiger partial charge in [-0.05, 0) is 80.5 Å². The quantitative estimate of drug-likeness (QED) is 0.542. The van der Waals surface area contributed by atoms with Gasteiger partial charge in [-0.1, -0.05) is 32.3 Å². The van der Waals surface area contributed by atoms with Crippen LogP contribution in [0.15, 0.2) is 12.2 Å². The second kappa shape index (κ2) is 6.26. The molecular formula is C21H32O2. The number of rotatable bonds is 3. The maximum atomic E-state index is 11.8. The van der Waals surface area contributed by atoms with Crippen LogP contribution in [-0.4, -0.2) is 12.6 Å². The van der Waals surface area contributed by atoms with Crippen LogP contribution in [0.4, 0.5) is 0 Å². The molecule has 7 atom stereocenters. The van der Waals surface area contributed by atoms with E-state index in [4.69, 9.17) is 4.74 Å². The predicted octanol–water partition coefficient (Wildman–Crippen LogP) is 4.98. The first-order chi connectivity index (χ1) is 11.1. The number of ether oxygens (including phenoxy) is 1. The van der Waals surface area contributed by atoms with E-state index < -0.39 is 0 Å². The Morgan fingerprint density at radius 3 is 2.39 bits per heavy atom. The zero-order valence-corrected chi connectivity index (χ0v) is 14.6. The SMILES string of the molecule is C=C(C)C(=O)OCC1CC2C3CCCCC3CC1C1CCCC12. The summed E-state index contributed by atoms with van der Waals surface area (Å²) in [6.07, 6.45) is 13.0. The molecule has 0 spiro atoms.